The predicted octanol–water partition coefficient (Wildman–Crippen LogP) is 3.35. The van der Waals surface area contributed by atoms with Crippen LogP contribution in [0.15, 0.2) is 18.2 Å². The first-order valence-electron chi connectivity index (χ1n) is 7.89. The molecule has 2 atom stereocenters. The third-order valence-electron chi connectivity index (χ3n) is 4.40. The van der Waals surface area contributed by atoms with Crippen molar-refractivity contribution in [3.05, 3.63) is 23.8 Å². The summed E-state index contributed by atoms with van der Waals surface area (Å²) in [7, 11) is 3.55. The Bertz CT molecular complexity index is 499. The van der Waals surface area contributed by atoms with E-state index in [1.165, 1.54) is 32.1 Å². The van der Waals surface area contributed by atoms with Gasteiger partial charge in [0.05, 0.1) is 5.56 Å². The molecule has 1 amide bonds. The Morgan fingerprint density at radius 2 is 2.14 bits per heavy atom. The van der Waals surface area contributed by atoms with Crippen LogP contribution >= 0.6 is 0 Å². The van der Waals surface area contributed by atoms with E-state index in [2.05, 4.69) is 12.2 Å². The minimum absolute atomic E-state index is 0.0142. The predicted molar refractivity (Wildman–Crippen MR) is 88.5 cm³/mol. The molecule has 1 fully saturated rings. The molecule has 2 rings (SSSR count). The van der Waals surface area contributed by atoms with E-state index < -0.39 is 0 Å². The number of carbonyl (C=O) groups excluding carboxylic acids is 1. The number of hydrogen-bond donors (Lipinski definition) is 2. The lowest BCUT2D eigenvalue weighted by Gasteiger charge is -2.30. The molecule has 1 aromatic carbocycles. The van der Waals surface area contributed by atoms with E-state index in [9.17, 15) is 4.79 Å². The highest BCUT2D eigenvalue weighted by molar-refractivity contribution is 6.00. The van der Waals surface area contributed by atoms with Gasteiger partial charge in [-0.15, -0.1) is 0 Å². The third-order valence-corrected chi connectivity index (χ3v) is 4.40. The van der Waals surface area contributed by atoms with Crippen molar-refractivity contribution in [2.24, 2.45) is 5.92 Å². The summed E-state index contributed by atoms with van der Waals surface area (Å²) < 4.78 is 0. The Morgan fingerprint density at radius 3 is 2.81 bits per heavy atom. The molecule has 0 radical (unpaired) electrons. The van der Waals surface area contributed by atoms with E-state index in [1.807, 2.05) is 12.1 Å². The topological polar surface area (TPSA) is 58.4 Å². The minimum Gasteiger partial charge on any atom is -0.399 e. The standard InChI is InChI=1S/C17H27N3O/c1-4-12-6-5-7-14(10-12)19-16-11-13(18)8-9-15(16)17(21)20(2)3/h8-9,11-12,14,19H,4-7,10,18H2,1-3H3. The normalized spacial score (nSPS) is 21.9. The summed E-state index contributed by atoms with van der Waals surface area (Å²) in [4.78, 5) is 13.9. The van der Waals surface area contributed by atoms with Crippen molar-refractivity contribution in [2.45, 2.75) is 45.1 Å². The first-order chi connectivity index (χ1) is 10.0. The number of nitrogen functional groups attached to an aromatic ring is 1. The molecule has 0 aliphatic heterocycles. The lowest BCUT2D eigenvalue weighted by molar-refractivity contribution is 0.0828. The van der Waals surface area contributed by atoms with Crippen molar-refractivity contribution in [2.75, 3.05) is 25.1 Å². The molecule has 116 valence electrons. The van der Waals surface area contributed by atoms with Gasteiger partial charge in [-0.05, 0) is 37.0 Å². The van der Waals surface area contributed by atoms with Crippen molar-refractivity contribution in [1.29, 1.82) is 0 Å². The molecule has 0 aromatic heterocycles. The van der Waals surface area contributed by atoms with Crippen molar-refractivity contribution in [1.82, 2.24) is 4.90 Å². The molecule has 21 heavy (non-hydrogen) atoms. The van der Waals surface area contributed by atoms with Crippen molar-refractivity contribution in [3.8, 4) is 0 Å². The van der Waals surface area contributed by atoms with Gasteiger partial charge in [-0.2, -0.15) is 0 Å². The fraction of sp³-hybridized carbons (Fsp3) is 0.588. The highest BCUT2D eigenvalue weighted by Gasteiger charge is 2.22. The highest BCUT2D eigenvalue weighted by Crippen LogP contribution is 2.30. The van der Waals surface area contributed by atoms with Gasteiger partial charge in [0, 0.05) is 31.5 Å². The molecular formula is C17H27N3O. The monoisotopic (exact) mass is 289 g/mol. The van der Waals surface area contributed by atoms with E-state index in [-0.39, 0.29) is 5.91 Å². The van der Waals surface area contributed by atoms with Gasteiger partial charge in [-0.25, -0.2) is 0 Å². The van der Waals surface area contributed by atoms with Crippen LogP contribution < -0.4 is 11.1 Å². The summed E-state index contributed by atoms with van der Waals surface area (Å²) in [5.41, 5.74) is 8.16. The Hall–Kier alpha value is -1.71. The van der Waals surface area contributed by atoms with Crippen molar-refractivity contribution < 1.29 is 4.79 Å². The van der Waals surface area contributed by atoms with Gasteiger partial charge in [0.2, 0.25) is 0 Å². The summed E-state index contributed by atoms with van der Waals surface area (Å²) >= 11 is 0. The second-order valence-electron chi connectivity index (χ2n) is 6.29. The van der Waals surface area contributed by atoms with Gasteiger partial charge >= 0.3 is 0 Å². The Balaban J connectivity index is 2.18. The Kier molecular flexibility index (Phi) is 5.10. The largest absolute Gasteiger partial charge is 0.399 e. The molecular weight excluding hydrogens is 262 g/mol. The number of carbonyl (C=O) groups is 1. The quantitative estimate of drug-likeness (QED) is 0.836. The maximum absolute atomic E-state index is 12.3. The fourth-order valence-corrected chi connectivity index (χ4v) is 3.12. The molecule has 3 N–H and O–H groups in total. The summed E-state index contributed by atoms with van der Waals surface area (Å²) in [5, 5.41) is 3.56. The fourth-order valence-electron chi connectivity index (χ4n) is 3.12. The summed E-state index contributed by atoms with van der Waals surface area (Å²) in [6, 6.07) is 5.93. The number of nitrogens with two attached hydrogens (primary N) is 1. The zero-order valence-electron chi connectivity index (χ0n) is 13.4. The first-order valence-corrected chi connectivity index (χ1v) is 7.89. The number of amides is 1. The molecule has 1 aliphatic rings. The molecule has 0 saturated heterocycles. The van der Waals surface area contributed by atoms with Crippen molar-refractivity contribution in [3.63, 3.8) is 0 Å². The molecule has 1 aliphatic carbocycles. The minimum atomic E-state index is 0.0142. The Morgan fingerprint density at radius 1 is 1.38 bits per heavy atom. The second-order valence-corrected chi connectivity index (χ2v) is 6.29. The zero-order chi connectivity index (χ0) is 15.4. The molecule has 4 heteroatoms. The van der Waals surface area contributed by atoms with Crippen LogP contribution in [0.5, 0.6) is 0 Å². The number of hydrogen-bond acceptors (Lipinski definition) is 3. The number of rotatable bonds is 4. The zero-order valence-corrected chi connectivity index (χ0v) is 13.4. The highest BCUT2D eigenvalue weighted by atomic mass is 16.2. The van der Waals surface area contributed by atoms with E-state index in [0.29, 0.717) is 17.3 Å². The maximum atomic E-state index is 12.3. The number of anilines is 2. The SMILES string of the molecule is CCC1CCCC(Nc2cc(N)ccc2C(=O)N(C)C)C1. The van der Waals surface area contributed by atoms with Crippen LogP contribution in [0.4, 0.5) is 11.4 Å². The maximum Gasteiger partial charge on any atom is 0.255 e. The van der Waals surface area contributed by atoms with Gasteiger partial charge in [-0.1, -0.05) is 26.2 Å². The van der Waals surface area contributed by atoms with Crippen LogP contribution in [0, 0.1) is 5.92 Å². The lowest BCUT2D eigenvalue weighted by atomic mass is 9.84. The summed E-state index contributed by atoms with van der Waals surface area (Å²) in [5.74, 6) is 0.811. The molecule has 0 heterocycles. The van der Waals surface area contributed by atoms with Crippen molar-refractivity contribution >= 4 is 17.3 Å². The molecule has 1 saturated carbocycles. The van der Waals surface area contributed by atoms with Crippen LogP contribution in [-0.4, -0.2) is 30.9 Å². The molecule has 1 aromatic rings. The van der Waals surface area contributed by atoms with E-state index in [1.54, 1.807) is 25.1 Å². The Labute approximate surface area is 127 Å². The van der Waals surface area contributed by atoms with Crippen LogP contribution in [0.25, 0.3) is 0 Å². The van der Waals surface area contributed by atoms with E-state index >= 15 is 0 Å². The molecule has 0 spiro atoms. The van der Waals surface area contributed by atoms with Gasteiger partial charge < -0.3 is 16.0 Å². The molecule has 0 bridgehead atoms. The van der Waals surface area contributed by atoms with Crippen LogP contribution in [-0.2, 0) is 0 Å². The first kappa shape index (κ1) is 15.7. The third kappa shape index (κ3) is 3.90. The van der Waals surface area contributed by atoms with E-state index in [0.717, 1.165) is 11.6 Å². The van der Waals surface area contributed by atoms with Crippen LogP contribution in [0.2, 0.25) is 0 Å². The number of nitrogens with one attached hydrogen (secondary N) is 1. The van der Waals surface area contributed by atoms with Crippen LogP contribution in [0.1, 0.15) is 49.4 Å². The average molecular weight is 289 g/mol. The van der Waals surface area contributed by atoms with E-state index in [4.69, 9.17) is 5.73 Å². The summed E-state index contributed by atoms with van der Waals surface area (Å²) in [6.45, 7) is 2.26. The molecule has 2 unspecified atom stereocenters. The van der Waals surface area contributed by atoms with Gasteiger partial charge in [0.25, 0.3) is 5.91 Å². The second kappa shape index (κ2) is 6.83. The number of benzene rings is 1. The van der Waals surface area contributed by atoms with Gasteiger partial charge in [0.1, 0.15) is 0 Å². The van der Waals surface area contributed by atoms with Gasteiger partial charge in [-0.3, -0.25) is 4.79 Å². The number of nitrogens with zero attached hydrogens (tertiary/aromatic N) is 1. The summed E-state index contributed by atoms with van der Waals surface area (Å²) in [6.07, 6.45) is 6.17. The smallest absolute Gasteiger partial charge is 0.255 e. The average Bonchev–Trinajstić information content (AvgIpc) is 2.47. The van der Waals surface area contributed by atoms with Gasteiger partial charge in [0.15, 0.2) is 0 Å². The molecule has 4 nitrogen and oxygen atoms in total. The van der Waals surface area contributed by atoms with Crippen LogP contribution in [0.3, 0.4) is 0 Å². The lowest BCUT2D eigenvalue weighted by Crippen LogP contribution is -2.29.